The Morgan fingerprint density at radius 2 is 1.89 bits per heavy atom. The summed E-state index contributed by atoms with van der Waals surface area (Å²) in [5.41, 5.74) is 6.27. The second-order valence-corrected chi connectivity index (χ2v) is 6.42. The van der Waals surface area contributed by atoms with Crippen LogP contribution in [0, 0.1) is 6.92 Å². The number of nitrogens with zero attached hydrogens (tertiary/aromatic N) is 3. The highest BCUT2D eigenvalue weighted by Crippen LogP contribution is 2.32. The van der Waals surface area contributed by atoms with Gasteiger partial charge < -0.3 is 21.7 Å². The molecule has 11 heteroatoms. The number of halogens is 2. The molecule has 0 unspecified atom stereocenters. The molecule has 0 bridgehead atoms. The van der Waals surface area contributed by atoms with Gasteiger partial charge in [0.25, 0.3) is 11.5 Å². The van der Waals surface area contributed by atoms with Crippen molar-refractivity contribution in [2.75, 3.05) is 24.1 Å². The fourth-order valence-electron chi connectivity index (χ4n) is 3.62. The van der Waals surface area contributed by atoms with Crippen LogP contribution < -0.4 is 27.2 Å². The first-order chi connectivity index (χ1) is 12.0. The van der Waals surface area contributed by atoms with Crippen LogP contribution >= 0.6 is 24.8 Å². The van der Waals surface area contributed by atoms with Crippen LogP contribution in [0.5, 0.6) is 0 Å². The summed E-state index contributed by atoms with van der Waals surface area (Å²) in [6.45, 7) is 3.31. The molecular formula is C16H21Cl2N7O2. The van der Waals surface area contributed by atoms with Crippen LogP contribution in [0.2, 0.25) is 0 Å². The summed E-state index contributed by atoms with van der Waals surface area (Å²) >= 11 is 0. The summed E-state index contributed by atoms with van der Waals surface area (Å²) in [6.07, 6.45) is 2.65. The number of carbonyl (C=O) groups is 1. The lowest BCUT2D eigenvalue weighted by atomic mass is 9.98. The number of nitrogen functional groups attached to an aromatic ring is 1. The maximum Gasteiger partial charge on any atom is 0.276 e. The summed E-state index contributed by atoms with van der Waals surface area (Å²) < 4.78 is 1.61. The normalized spacial score (nSPS) is 16.7. The third-order valence-electron chi connectivity index (χ3n) is 4.76. The zero-order chi connectivity index (χ0) is 17.6. The highest BCUT2D eigenvalue weighted by Gasteiger charge is 2.45. The Bertz CT molecular complexity index is 925. The van der Waals surface area contributed by atoms with Crippen molar-refractivity contribution in [1.82, 2.24) is 25.2 Å². The molecule has 2 aromatic rings. The number of pyridine rings is 1. The maximum absolute atomic E-state index is 13.1. The van der Waals surface area contributed by atoms with E-state index in [9.17, 15) is 9.59 Å². The van der Waals surface area contributed by atoms with E-state index in [1.54, 1.807) is 16.7 Å². The maximum atomic E-state index is 13.1. The molecule has 1 amide bonds. The van der Waals surface area contributed by atoms with Crippen LogP contribution in [-0.2, 0) is 5.66 Å². The molecule has 146 valence electrons. The molecule has 4 rings (SSSR count). The summed E-state index contributed by atoms with van der Waals surface area (Å²) in [6, 6.07) is 3.22. The minimum absolute atomic E-state index is 0. The quantitative estimate of drug-likeness (QED) is 0.575. The molecule has 4 heterocycles. The van der Waals surface area contributed by atoms with Crippen molar-refractivity contribution in [2.45, 2.75) is 25.4 Å². The molecular weight excluding hydrogens is 393 g/mol. The van der Waals surface area contributed by atoms with Gasteiger partial charge in [-0.1, -0.05) is 0 Å². The molecule has 2 aliphatic rings. The number of nitrogens with two attached hydrogens (primary N) is 1. The third-order valence-corrected chi connectivity index (χ3v) is 4.76. The van der Waals surface area contributed by atoms with Crippen LogP contribution in [0.25, 0.3) is 0 Å². The van der Waals surface area contributed by atoms with Gasteiger partial charge in [-0.3, -0.25) is 14.2 Å². The summed E-state index contributed by atoms with van der Waals surface area (Å²) in [5, 5.41) is 9.29. The van der Waals surface area contributed by atoms with E-state index in [0.29, 0.717) is 35.9 Å². The van der Waals surface area contributed by atoms with E-state index >= 15 is 0 Å². The van der Waals surface area contributed by atoms with Gasteiger partial charge in [-0.05, 0) is 31.6 Å². The number of amides is 1. The van der Waals surface area contributed by atoms with E-state index in [4.69, 9.17) is 5.73 Å². The molecule has 1 saturated heterocycles. The molecule has 27 heavy (non-hydrogen) atoms. The fraction of sp³-hybridized carbons (Fsp3) is 0.375. The molecule has 0 saturated carbocycles. The van der Waals surface area contributed by atoms with Crippen LogP contribution in [0.3, 0.4) is 0 Å². The summed E-state index contributed by atoms with van der Waals surface area (Å²) in [5.74, 6) is 0.540. The molecule has 2 aromatic heterocycles. The van der Waals surface area contributed by atoms with Crippen LogP contribution in [0.1, 0.15) is 28.9 Å². The van der Waals surface area contributed by atoms with Crippen molar-refractivity contribution in [3.05, 3.63) is 40.1 Å². The van der Waals surface area contributed by atoms with Gasteiger partial charge in [0.05, 0.1) is 0 Å². The van der Waals surface area contributed by atoms with Gasteiger partial charge in [0.1, 0.15) is 35.0 Å². The van der Waals surface area contributed by atoms with Crippen molar-refractivity contribution in [3.8, 4) is 0 Å². The number of anilines is 3. The minimum atomic E-state index is -0.665. The first-order valence-corrected chi connectivity index (χ1v) is 8.15. The van der Waals surface area contributed by atoms with Gasteiger partial charge in [0.2, 0.25) is 0 Å². The molecule has 0 radical (unpaired) electrons. The van der Waals surface area contributed by atoms with Crippen molar-refractivity contribution in [1.29, 1.82) is 0 Å². The predicted octanol–water partition coefficient (Wildman–Crippen LogP) is 0.896. The average Bonchev–Trinajstić information content (AvgIpc) is 2.85. The van der Waals surface area contributed by atoms with E-state index in [1.807, 2.05) is 6.92 Å². The van der Waals surface area contributed by atoms with Crippen LogP contribution in [0.15, 0.2) is 23.3 Å². The number of hydrogen-bond acceptors (Lipinski definition) is 7. The molecule has 0 aromatic carbocycles. The van der Waals surface area contributed by atoms with E-state index in [-0.39, 0.29) is 36.3 Å². The second-order valence-electron chi connectivity index (χ2n) is 6.42. The van der Waals surface area contributed by atoms with Gasteiger partial charge in [-0.15, -0.1) is 24.8 Å². The first-order valence-electron chi connectivity index (χ1n) is 8.15. The molecule has 0 atom stereocenters. The van der Waals surface area contributed by atoms with Crippen LogP contribution in [-0.4, -0.2) is 33.5 Å². The third kappa shape index (κ3) is 3.45. The summed E-state index contributed by atoms with van der Waals surface area (Å²) in [7, 11) is 0. The van der Waals surface area contributed by atoms with E-state index < -0.39 is 5.66 Å². The van der Waals surface area contributed by atoms with E-state index in [1.165, 1.54) is 6.33 Å². The largest absolute Gasteiger partial charge is 0.384 e. The van der Waals surface area contributed by atoms with E-state index in [2.05, 4.69) is 25.9 Å². The van der Waals surface area contributed by atoms with Crippen molar-refractivity contribution in [2.24, 2.45) is 0 Å². The Morgan fingerprint density at radius 3 is 2.56 bits per heavy atom. The molecule has 5 N–H and O–H groups in total. The Kier molecular flexibility index (Phi) is 5.98. The Morgan fingerprint density at radius 1 is 1.19 bits per heavy atom. The molecule has 0 aliphatic carbocycles. The van der Waals surface area contributed by atoms with E-state index in [0.717, 1.165) is 18.7 Å². The molecule has 9 nitrogen and oxygen atoms in total. The number of fused-ring (bicyclic) bond motifs is 2. The first kappa shape index (κ1) is 20.9. The Balaban J connectivity index is 0.00000131. The number of carbonyl (C=O) groups excluding carboxylic acids is 1. The lowest BCUT2D eigenvalue weighted by Crippen LogP contribution is -2.53. The average molecular weight is 414 g/mol. The highest BCUT2D eigenvalue weighted by atomic mass is 35.5. The number of hydrogen-bond donors (Lipinski definition) is 4. The summed E-state index contributed by atoms with van der Waals surface area (Å²) in [4.78, 5) is 33.5. The lowest BCUT2D eigenvalue weighted by Gasteiger charge is -2.35. The highest BCUT2D eigenvalue weighted by molar-refractivity contribution is 5.97. The van der Waals surface area contributed by atoms with Gasteiger partial charge in [-0.25, -0.2) is 9.97 Å². The fourth-order valence-corrected chi connectivity index (χ4v) is 3.62. The number of piperidine rings is 1. The Hall–Kier alpha value is -2.36. The molecule has 2 aliphatic heterocycles. The second kappa shape index (κ2) is 7.71. The zero-order valence-electron chi connectivity index (χ0n) is 14.6. The topological polar surface area (TPSA) is 127 Å². The van der Waals surface area contributed by atoms with Crippen molar-refractivity contribution < 1.29 is 4.79 Å². The lowest BCUT2D eigenvalue weighted by molar-refractivity contribution is 0.0886. The SMILES string of the molecule is Cc1cc(Nc2cc(N)ncn2)c(=O)n2c1C(=O)NC21CCNCC1.Cl.Cl. The molecule has 1 fully saturated rings. The van der Waals surface area contributed by atoms with Crippen molar-refractivity contribution >= 4 is 48.0 Å². The number of nitrogens with one attached hydrogen (secondary N) is 3. The van der Waals surface area contributed by atoms with Gasteiger partial charge in [0.15, 0.2) is 0 Å². The number of aromatic nitrogens is 3. The van der Waals surface area contributed by atoms with Gasteiger partial charge >= 0.3 is 0 Å². The zero-order valence-corrected chi connectivity index (χ0v) is 16.2. The minimum Gasteiger partial charge on any atom is -0.384 e. The number of rotatable bonds is 2. The van der Waals surface area contributed by atoms with Gasteiger partial charge in [-0.2, -0.15) is 0 Å². The standard InChI is InChI=1S/C16H19N7O2.2ClH/c1-9-6-10(21-12-7-11(17)19-8-20-12)15(25)23-13(9)14(24)22-16(23)2-4-18-5-3-16;;/h6-8,18H,2-5H2,1H3,(H,22,24)(H3,17,19,20,21);2*1H. The van der Waals surface area contributed by atoms with Gasteiger partial charge in [0, 0.05) is 18.9 Å². The number of aryl methyl sites for hydroxylation is 1. The predicted molar refractivity (Wildman–Crippen MR) is 107 cm³/mol. The molecule has 1 spiro atoms. The van der Waals surface area contributed by atoms with Crippen LogP contribution in [0.4, 0.5) is 17.3 Å². The Labute approximate surface area is 168 Å². The smallest absolute Gasteiger partial charge is 0.276 e. The van der Waals surface area contributed by atoms with Crippen molar-refractivity contribution in [3.63, 3.8) is 0 Å². The monoisotopic (exact) mass is 413 g/mol.